The topological polar surface area (TPSA) is 61.6 Å². The van der Waals surface area contributed by atoms with E-state index >= 15 is 0 Å². The molecule has 0 unspecified atom stereocenters. The number of pyridine rings is 2. The Labute approximate surface area is 147 Å². The summed E-state index contributed by atoms with van der Waals surface area (Å²) in [5.74, 6) is -0.868. The molecule has 4 nitrogen and oxygen atoms in total. The van der Waals surface area contributed by atoms with Gasteiger partial charge in [0.2, 0.25) is 0 Å². The number of nitrogens with one attached hydrogen (secondary N) is 1. The van der Waals surface area contributed by atoms with Gasteiger partial charge in [0, 0.05) is 30.1 Å². The first-order valence-electron chi connectivity index (χ1n) is 7.27. The SMILES string of the molecule is N#Cc1cc(-c2ccncc2)nc(NCc2cc(F)ccc2F)c1Cl. The van der Waals surface area contributed by atoms with Gasteiger partial charge in [-0.1, -0.05) is 11.6 Å². The van der Waals surface area contributed by atoms with Crippen molar-refractivity contribution >= 4 is 17.4 Å². The van der Waals surface area contributed by atoms with Crippen LogP contribution in [-0.4, -0.2) is 9.97 Å². The number of halogens is 3. The molecule has 7 heteroatoms. The smallest absolute Gasteiger partial charge is 0.147 e. The lowest BCUT2D eigenvalue weighted by molar-refractivity contribution is 0.587. The van der Waals surface area contributed by atoms with E-state index in [0.29, 0.717) is 5.69 Å². The van der Waals surface area contributed by atoms with Gasteiger partial charge in [0.05, 0.1) is 11.3 Å². The van der Waals surface area contributed by atoms with E-state index in [9.17, 15) is 14.0 Å². The first kappa shape index (κ1) is 16.8. The van der Waals surface area contributed by atoms with Crippen molar-refractivity contribution < 1.29 is 8.78 Å². The van der Waals surface area contributed by atoms with Crippen LogP contribution in [0, 0.1) is 23.0 Å². The Morgan fingerprint density at radius 2 is 1.88 bits per heavy atom. The molecule has 0 aliphatic heterocycles. The maximum Gasteiger partial charge on any atom is 0.147 e. The summed E-state index contributed by atoms with van der Waals surface area (Å²) in [4.78, 5) is 8.32. The summed E-state index contributed by atoms with van der Waals surface area (Å²) in [6.45, 7) is -0.0268. The first-order valence-corrected chi connectivity index (χ1v) is 7.65. The van der Waals surface area contributed by atoms with Gasteiger partial charge in [-0.15, -0.1) is 0 Å². The highest BCUT2D eigenvalue weighted by atomic mass is 35.5. The summed E-state index contributed by atoms with van der Waals surface area (Å²) >= 11 is 6.18. The van der Waals surface area contributed by atoms with E-state index < -0.39 is 11.6 Å². The average molecular weight is 357 g/mol. The number of aromatic nitrogens is 2. The maximum atomic E-state index is 13.7. The average Bonchev–Trinajstić information content (AvgIpc) is 2.64. The molecule has 2 aromatic heterocycles. The lowest BCUT2D eigenvalue weighted by Crippen LogP contribution is -2.06. The molecule has 25 heavy (non-hydrogen) atoms. The molecule has 0 aliphatic carbocycles. The van der Waals surface area contributed by atoms with Crippen LogP contribution < -0.4 is 5.32 Å². The number of nitrogens with zero attached hydrogens (tertiary/aromatic N) is 3. The number of anilines is 1. The quantitative estimate of drug-likeness (QED) is 0.744. The third kappa shape index (κ3) is 3.73. The zero-order chi connectivity index (χ0) is 17.8. The van der Waals surface area contributed by atoms with Crippen molar-refractivity contribution in [3.8, 4) is 17.3 Å². The molecular weight excluding hydrogens is 346 g/mol. The second-order valence-corrected chi connectivity index (χ2v) is 5.53. The standard InChI is InChI=1S/C18H11ClF2N4/c19-17-12(9-22)8-16(11-3-5-23-6-4-11)25-18(17)24-10-13-7-14(20)1-2-15(13)21/h1-8H,10H2,(H,24,25). The van der Waals surface area contributed by atoms with Crippen LogP contribution in [0.3, 0.4) is 0 Å². The minimum Gasteiger partial charge on any atom is -0.365 e. The number of rotatable bonds is 4. The lowest BCUT2D eigenvalue weighted by Gasteiger charge is -2.12. The van der Waals surface area contributed by atoms with Gasteiger partial charge in [0.1, 0.15) is 28.5 Å². The van der Waals surface area contributed by atoms with Gasteiger partial charge in [-0.3, -0.25) is 4.98 Å². The Bertz CT molecular complexity index is 955. The molecule has 0 bridgehead atoms. The van der Waals surface area contributed by atoms with Gasteiger partial charge in [-0.25, -0.2) is 13.8 Å². The number of hydrogen-bond acceptors (Lipinski definition) is 4. The molecule has 0 atom stereocenters. The first-order chi connectivity index (χ1) is 12.1. The highest BCUT2D eigenvalue weighted by molar-refractivity contribution is 6.34. The predicted molar refractivity (Wildman–Crippen MR) is 90.9 cm³/mol. The van der Waals surface area contributed by atoms with Crippen molar-refractivity contribution in [2.45, 2.75) is 6.54 Å². The molecule has 3 aromatic rings. The molecule has 0 saturated heterocycles. The second-order valence-electron chi connectivity index (χ2n) is 5.15. The number of hydrogen-bond donors (Lipinski definition) is 1. The van der Waals surface area contributed by atoms with E-state index in [0.717, 1.165) is 23.8 Å². The molecule has 0 saturated carbocycles. The minimum absolute atomic E-state index is 0.0268. The largest absolute Gasteiger partial charge is 0.365 e. The van der Waals surface area contributed by atoms with Crippen LogP contribution in [0.5, 0.6) is 0 Å². The Balaban J connectivity index is 1.95. The zero-order valence-electron chi connectivity index (χ0n) is 12.8. The second kappa shape index (κ2) is 7.24. The fourth-order valence-electron chi connectivity index (χ4n) is 2.26. The summed E-state index contributed by atoms with van der Waals surface area (Å²) in [5.41, 5.74) is 1.63. The fourth-order valence-corrected chi connectivity index (χ4v) is 2.46. The zero-order valence-corrected chi connectivity index (χ0v) is 13.6. The molecule has 0 spiro atoms. The monoisotopic (exact) mass is 356 g/mol. The van der Waals surface area contributed by atoms with E-state index in [2.05, 4.69) is 15.3 Å². The van der Waals surface area contributed by atoms with Crippen LogP contribution in [0.15, 0.2) is 48.8 Å². The van der Waals surface area contributed by atoms with Crippen molar-refractivity contribution in [1.29, 1.82) is 5.26 Å². The lowest BCUT2D eigenvalue weighted by atomic mass is 10.1. The van der Waals surface area contributed by atoms with Gasteiger partial charge < -0.3 is 5.32 Å². The highest BCUT2D eigenvalue weighted by Crippen LogP contribution is 2.29. The third-order valence-corrected chi connectivity index (χ3v) is 3.89. The van der Waals surface area contributed by atoms with Crippen LogP contribution in [-0.2, 0) is 6.54 Å². The van der Waals surface area contributed by atoms with Gasteiger partial charge in [0.25, 0.3) is 0 Å². The van der Waals surface area contributed by atoms with Crippen LogP contribution in [0.2, 0.25) is 5.02 Å². The normalized spacial score (nSPS) is 10.3. The highest BCUT2D eigenvalue weighted by Gasteiger charge is 2.13. The van der Waals surface area contributed by atoms with Gasteiger partial charge in [0.15, 0.2) is 0 Å². The van der Waals surface area contributed by atoms with E-state index in [4.69, 9.17) is 11.6 Å². The summed E-state index contributed by atoms with van der Waals surface area (Å²) in [7, 11) is 0. The molecule has 124 valence electrons. The van der Waals surface area contributed by atoms with Crippen LogP contribution in [0.25, 0.3) is 11.3 Å². The Kier molecular flexibility index (Phi) is 4.87. The number of benzene rings is 1. The minimum atomic E-state index is -0.546. The molecule has 0 radical (unpaired) electrons. The Morgan fingerprint density at radius 3 is 2.60 bits per heavy atom. The molecule has 0 aliphatic rings. The predicted octanol–water partition coefficient (Wildman–Crippen LogP) is 4.56. The molecular formula is C18H11ClF2N4. The van der Waals surface area contributed by atoms with Crippen molar-refractivity contribution in [2.75, 3.05) is 5.32 Å². The van der Waals surface area contributed by atoms with E-state index in [-0.39, 0.29) is 28.5 Å². The third-order valence-electron chi connectivity index (χ3n) is 3.51. The van der Waals surface area contributed by atoms with Crippen molar-refractivity contribution in [3.63, 3.8) is 0 Å². The molecule has 1 N–H and O–H groups in total. The summed E-state index contributed by atoms with van der Waals surface area (Å²) in [5, 5.41) is 12.3. The fraction of sp³-hybridized carbons (Fsp3) is 0.0556. The van der Waals surface area contributed by atoms with Crippen molar-refractivity contribution in [1.82, 2.24) is 9.97 Å². The van der Waals surface area contributed by atoms with Crippen LogP contribution in [0.4, 0.5) is 14.6 Å². The van der Waals surface area contributed by atoms with Crippen molar-refractivity contribution in [3.05, 3.63) is 76.6 Å². The Morgan fingerprint density at radius 1 is 1.12 bits per heavy atom. The van der Waals surface area contributed by atoms with E-state index in [1.807, 2.05) is 6.07 Å². The summed E-state index contributed by atoms with van der Waals surface area (Å²) < 4.78 is 27.0. The molecule has 0 fully saturated rings. The molecule has 3 rings (SSSR count). The summed E-state index contributed by atoms with van der Waals surface area (Å²) in [6, 6.07) is 10.2. The van der Waals surface area contributed by atoms with Gasteiger partial charge in [-0.05, 0) is 36.4 Å². The van der Waals surface area contributed by atoms with Crippen molar-refractivity contribution in [2.24, 2.45) is 0 Å². The maximum absolute atomic E-state index is 13.7. The molecule has 2 heterocycles. The van der Waals surface area contributed by atoms with Crippen LogP contribution >= 0.6 is 11.6 Å². The molecule has 0 amide bonds. The molecule has 1 aromatic carbocycles. The van der Waals surface area contributed by atoms with Gasteiger partial charge >= 0.3 is 0 Å². The van der Waals surface area contributed by atoms with Crippen LogP contribution in [0.1, 0.15) is 11.1 Å². The Hall–Kier alpha value is -3.04. The van der Waals surface area contributed by atoms with E-state index in [1.165, 1.54) is 0 Å². The number of nitriles is 1. The van der Waals surface area contributed by atoms with E-state index in [1.54, 1.807) is 30.6 Å². The summed E-state index contributed by atoms with van der Waals surface area (Å²) in [6.07, 6.45) is 3.21. The van der Waals surface area contributed by atoms with Gasteiger partial charge in [-0.2, -0.15) is 5.26 Å².